The molecule has 1 aliphatic rings. The lowest BCUT2D eigenvalue weighted by molar-refractivity contribution is 0.439. The minimum absolute atomic E-state index is 0.215. The molecule has 0 aromatic heterocycles. The van der Waals surface area contributed by atoms with E-state index in [1.807, 2.05) is 31.2 Å². The molecule has 4 nitrogen and oxygen atoms in total. The number of aryl methyl sites for hydroxylation is 1. The van der Waals surface area contributed by atoms with Gasteiger partial charge in [0.2, 0.25) is 10.0 Å². The Morgan fingerprint density at radius 1 is 1.35 bits per heavy atom. The van der Waals surface area contributed by atoms with Gasteiger partial charge in [0.05, 0.1) is 5.25 Å². The van der Waals surface area contributed by atoms with E-state index in [9.17, 15) is 8.42 Å². The number of rotatable bonds is 3. The fourth-order valence-electron chi connectivity index (χ4n) is 2.08. The van der Waals surface area contributed by atoms with Crippen LogP contribution in [-0.2, 0) is 16.6 Å². The molecule has 94 valence electrons. The van der Waals surface area contributed by atoms with Crippen molar-refractivity contribution in [3.63, 3.8) is 0 Å². The molecule has 0 unspecified atom stereocenters. The maximum absolute atomic E-state index is 12.0. The first kappa shape index (κ1) is 12.5. The molecule has 1 fully saturated rings. The first-order valence-corrected chi connectivity index (χ1v) is 7.29. The monoisotopic (exact) mass is 254 g/mol. The van der Waals surface area contributed by atoms with Gasteiger partial charge in [-0.3, -0.25) is 0 Å². The van der Waals surface area contributed by atoms with Crippen LogP contribution in [0.3, 0.4) is 0 Å². The summed E-state index contributed by atoms with van der Waals surface area (Å²) in [5, 5.41) is -0.395. The fourth-order valence-corrected chi connectivity index (χ4v) is 3.84. The second kappa shape index (κ2) is 4.76. The van der Waals surface area contributed by atoms with Crippen LogP contribution >= 0.6 is 0 Å². The lowest BCUT2D eigenvalue weighted by atomic mass is 10.1. The summed E-state index contributed by atoms with van der Waals surface area (Å²) >= 11 is 0. The van der Waals surface area contributed by atoms with Gasteiger partial charge in [-0.25, -0.2) is 8.42 Å². The van der Waals surface area contributed by atoms with Gasteiger partial charge in [0.25, 0.3) is 0 Å². The predicted octanol–water partition coefficient (Wildman–Crippen LogP) is 0.858. The Morgan fingerprint density at radius 2 is 2.00 bits per heavy atom. The second-order valence-corrected chi connectivity index (χ2v) is 6.72. The minimum atomic E-state index is -3.18. The first-order chi connectivity index (χ1) is 8.04. The molecule has 1 saturated heterocycles. The van der Waals surface area contributed by atoms with E-state index in [0.29, 0.717) is 19.5 Å². The van der Waals surface area contributed by atoms with Crippen LogP contribution in [0, 0.1) is 6.92 Å². The number of hydrogen-bond donors (Lipinski definition) is 1. The van der Waals surface area contributed by atoms with Gasteiger partial charge >= 0.3 is 0 Å². The van der Waals surface area contributed by atoms with Gasteiger partial charge in [-0.2, -0.15) is 4.31 Å². The molecule has 1 aromatic rings. The predicted molar refractivity (Wildman–Crippen MR) is 68.0 cm³/mol. The Hall–Kier alpha value is -0.910. The average molecular weight is 254 g/mol. The summed E-state index contributed by atoms with van der Waals surface area (Å²) in [4.78, 5) is 0. The Balaban J connectivity index is 2.13. The highest BCUT2D eigenvalue weighted by molar-refractivity contribution is 7.90. The van der Waals surface area contributed by atoms with Crippen molar-refractivity contribution in [2.75, 3.05) is 13.1 Å². The topological polar surface area (TPSA) is 63.4 Å². The summed E-state index contributed by atoms with van der Waals surface area (Å²) in [5.74, 6) is 0. The smallest absolute Gasteiger partial charge is 0.218 e. The summed E-state index contributed by atoms with van der Waals surface area (Å²) in [7, 11) is -3.18. The molecule has 0 spiro atoms. The zero-order chi connectivity index (χ0) is 12.5. The quantitative estimate of drug-likeness (QED) is 0.870. The van der Waals surface area contributed by atoms with E-state index in [-0.39, 0.29) is 6.54 Å². The van der Waals surface area contributed by atoms with E-state index in [1.165, 1.54) is 9.87 Å². The normalized spacial score (nSPS) is 24.0. The van der Waals surface area contributed by atoms with Crippen molar-refractivity contribution in [1.29, 1.82) is 0 Å². The van der Waals surface area contributed by atoms with Gasteiger partial charge in [-0.1, -0.05) is 29.8 Å². The molecule has 0 radical (unpaired) electrons. The Morgan fingerprint density at radius 3 is 2.53 bits per heavy atom. The van der Waals surface area contributed by atoms with Crippen LogP contribution < -0.4 is 5.73 Å². The van der Waals surface area contributed by atoms with Crippen molar-refractivity contribution in [3.05, 3.63) is 35.4 Å². The Kier molecular flexibility index (Phi) is 3.51. The van der Waals surface area contributed by atoms with E-state index >= 15 is 0 Å². The summed E-state index contributed by atoms with van der Waals surface area (Å²) < 4.78 is 25.6. The molecule has 2 rings (SSSR count). The number of nitrogens with two attached hydrogens (primary N) is 1. The van der Waals surface area contributed by atoms with E-state index < -0.39 is 15.3 Å². The number of benzene rings is 1. The van der Waals surface area contributed by atoms with E-state index in [2.05, 4.69) is 0 Å². The van der Waals surface area contributed by atoms with Crippen molar-refractivity contribution >= 4 is 10.0 Å². The molecule has 5 heteroatoms. The van der Waals surface area contributed by atoms with Crippen molar-refractivity contribution in [1.82, 2.24) is 4.31 Å². The third kappa shape index (κ3) is 2.51. The van der Waals surface area contributed by atoms with Crippen LogP contribution in [0.1, 0.15) is 17.5 Å². The van der Waals surface area contributed by atoms with Gasteiger partial charge in [0, 0.05) is 19.6 Å². The molecular formula is C12H18N2O2S. The molecule has 1 aliphatic heterocycles. The Labute approximate surface area is 102 Å². The lowest BCUT2D eigenvalue weighted by Crippen LogP contribution is -2.32. The first-order valence-electron chi connectivity index (χ1n) is 5.78. The SMILES string of the molecule is Cc1ccc(CN2CC[C@@H](CN)S2(=O)=O)cc1. The lowest BCUT2D eigenvalue weighted by Gasteiger charge is -2.16. The highest BCUT2D eigenvalue weighted by Gasteiger charge is 2.37. The zero-order valence-electron chi connectivity index (χ0n) is 9.96. The van der Waals surface area contributed by atoms with Crippen LogP contribution in [0.25, 0.3) is 0 Å². The molecule has 1 heterocycles. The van der Waals surface area contributed by atoms with Crippen LogP contribution in [-0.4, -0.2) is 31.1 Å². The highest BCUT2D eigenvalue weighted by atomic mass is 32.2. The standard InChI is InChI=1S/C12H18N2O2S/c1-10-2-4-11(5-3-10)9-14-7-6-12(8-13)17(14,15)16/h2-5,12H,6-9,13H2,1H3/t12-/m0/s1. The molecule has 0 saturated carbocycles. The second-order valence-electron chi connectivity index (χ2n) is 4.51. The van der Waals surface area contributed by atoms with Crippen LogP contribution in [0.5, 0.6) is 0 Å². The highest BCUT2D eigenvalue weighted by Crippen LogP contribution is 2.23. The van der Waals surface area contributed by atoms with Gasteiger partial charge in [0.15, 0.2) is 0 Å². The fraction of sp³-hybridized carbons (Fsp3) is 0.500. The molecule has 0 amide bonds. The van der Waals surface area contributed by atoms with E-state index in [4.69, 9.17) is 5.73 Å². The van der Waals surface area contributed by atoms with Crippen LogP contribution in [0.15, 0.2) is 24.3 Å². The average Bonchev–Trinajstić information content (AvgIpc) is 2.57. The molecule has 2 N–H and O–H groups in total. The summed E-state index contributed by atoms with van der Waals surface area (Å²) in [6.07, 6.45) is 0.644. The van der Waals surface area contributed by atoms with Crippen molar-refractivity contribution < 1.29 is 8.42 Å². The third-order valence-corrected chi connectivity index (χ3v) is 5.53. The van der Waals surface area contributed by atoms with Gasteiger partial charge in [-0.15, -0.1) is 0 Å². The van der Waals surface area contributed by atoms with E-state index in [1.54, 1.807) is 0 Å². The van der Waals surface area contributed by atoms with Crippen LogP contribution in [0.4, 0.5) is 0 Å². The van der Waals surface area contributed by atoms with Crippen molar-refractivity contribution in [2.45, 2.75) is 25.1 Å². The summed E-state index contributed by atoms with van der Waals surface area (Å²) in [6, 6.07) is 7.94. The third-order valence-electron chi connectivity index (χ3n) is 3.22. The van der Waals surface area contributed by atoms with Gasteiger partial charge in [-0.05, 0) is 18.9 Å². The largest absolute Gasteiger partial charge is 0.329 e. The number of sulfonamides is 1. The minimum Gasteiger partial charge on any atom is -0.329 e. The maximum Gasteiger partial charge on any atom is 0.218 e. The van der Waals surface area contributed by atoms with E-state index in [0.717, 1.165) is 5.56 Å². The summed E-state index contributed by atoms with van der Waals surface area (Å²) in [5.41, 5.74) is 7.68. The summed E-state index contributed by atoms with van der Waals surface area (Å²) in [6.45, 7) is 3.27. The molecule has 1 atom stereocenters. The van der Waals surface area contributed by atoms with Crippen molar-refractivity contribution in [3.8, 4) is 0 Å². The zero-order valence-corrected chi connectivity index (χ0v) is 10.8. The van der Waals surface area contributed by atoms with Gasteiger partial charge < -0.3 is 5.73 Å². The van der Waals surface area contributed by atoms with Crippen molar-refractivity contribution in [2.24, 2.45) is 5.73 Å². The molecule has 0 bridgehead atoms. The maximum atomic E-state index is 12.0. The van der Waals surface area contributed by atoms with Gasteiger partial charge in [0.1, 0.15) is 0 Å². The number of nitrogens with zero attached hydrogens (tertiary/aromatic N) is 1. The Bertz CT molecular complexity index is 482. The molecule has 0 aliphatic carbocycles. The number of hydrogen-bond acceptors (Lipinski definition) is 3. The molecular weight excluding hydrogens is 236 g/mol. The molecule has 1 aromatic carbocycles. The molecule has 17 heavy (non-hydrogen) atoms. The van der Waals surface area contributed by atoms with Crippen LogP contribution in [0.2, 0.25) is 0 Å².